The number of nitrogens with one attached hydrogen (secondary N) is 1. The summed E-state index contributed by atoms with van der Waals surface area (Å²) in [5, 5.41) is 7.67. The Morgan fingerprint density at radius 2 is 2.14 bits per heavy atom. The van der Waals surface area contributed by atoms with Crippen molar-refractivity contribution in [1.29, 1.82) is 0 Å². The van der Waals surface area contributed by atoms with Crippen LogP contribution in [0.4, 0.5) is 0 Å². The normalized spacial score (nSPS) is 19.9. The Kier molecular flexibility index (Phi) is 5.82. The Labute approximate surface area is 174 Å². The van der Waals surface area contributed by atoms with Gasteiger partial charge in [-0.05, 0) is 48.9 Å². The van der Waals surface area contributed by atoms with Crippen LogP contribution in [0.15, 0.2) is 30.9 Å². The first-order valence-corrected chi connectivity index (χ1v) is 10.4. The molecule has 8 nitrogen and oxygen atoms in total. The average Bonchev–Trinajstić information content (AvgIpc) is 3.18. The molecule has 0 radical (unpaired) electrons. The zero-order chi connectivity index (χ0) is 20.4. The highest BCUT2D eigenvalue weighted by Crippen LogP contribution is 2.33. The van der Waals surface area contributed by atoms with Gasteiger partial charge in [0.1, 0.15) is 18.7 Å². The highest BCUT2D eigenvalue weighted by molar-refractivity contribution is 6.30. The Bertz CT molecular complexity index is 883. The monoisotopic (exact) mass is 416 g/mol. The van der Waals surface area contributed by atoms with Crippen LogP contribution in [0.3, 0.4) is 0 Å². The highest BCUT2D eigenvalue weighted by atomic mass is 35.5. The molecule has 2 aliphatic rings. The third kappa shape index (κ3) is 4.59. The van der Waals surface area contributed by atoms with Crippen molar-refractivity contribution >= 4 is 23.4 Å². The average molecular weight is 417 g/mol. The molecule has 3 N–H and O–H groups in total. The number of hydrogen-bond acceptors (Lipinski definition) is 5. The molecular weight excluding hydrogens is 392 g/mol. The molecule has 9 heteroatoms. The van der Waals surface area contributed by atoms with Crippen molar-refractivity contribution in [2.24, 2.45) is 11.7 Å². The fourth-order valence-electron chi connectivity index (χ4n) is 3.88. The molecule has 2 unspecified atom stereocenters. The number of hydrogen-bond donors (Lipinski definition) is 2. The van der Waals surface area contributed by atoms with Gasteiger partial charge in [0.15, 0.2) is 0 Å². The number of halogens is 1. The number of nitrogens with two attached hydrogens (primary N) is 1. The maximum atomic E-state index is 12.9. The van der Waals surface area contributed by atoms with E-state index in [0.717, 1.165) is 30.5 Å². The molecule has 1 saturated carbocycles. The lowest BCUT2D eigenvalue weighted by Crippen LogP contribution is -2.51. The molecule has 1 aliphatic heterocycles. The number of likely N-dealkylation sites (tertiary alicyclic amines) is 1. The molecule has 2 atom stereocenters. The summed E-state index contributed by atoms with van der Waals surface area (Å²) in [5.74, 6) is 0.293. The summed E-state index contributed by atoms with van der Waals surface area (Å²) < 4.78 is 1.63. The molecule has 0 spiro atoms. The maximum Gasteiger partial charge on any atom is 0.243 e. The minimum absolute atomic E-state index is 0.111. The van der Waals surface area contributed by atoms with Crippen molar-refractivity contribution in [3.8, 4) is 5.69 Å². The molecule has 1 saturated heterocycles. The van der Waals surface area contributed by atoms with Gasteiger partial charge >= 0.3 is 0 Å². The number of benzene rings is 1. The quantitative estimate of drug-likeness (QED) is 0.713. The number of rotatable bonds is 7. The van der Waals surface area contributed by atoms with E-state index in [1.54, 1.807) is 28.0 Å². The molecule has 154 valence electrons. The second-order valence-corrected chi connectivity index (χ2v) is 8.24. The predicted molar refractivity (Wildman–Crippen MR) is 108 cm³/mol. The number of carbonyl (C=O) groups excluding carboxylic acids is 2. The predicted octanol–water partition coefficient (Wildman–Crippen LogP) is 1.66. The van der Waals surface area contributed by atoms with Crippen LogP contribution in [0.2, 0.25) is 5.02 Å². The summed E-state index contributed by atoms with van der Waals surface area (Å²) in [7, 11) is 0. The van der Waals surface area contributed by atoms with E-state index in [-0.39, 0.29) is 18.4 Å². The fraction of sp³-hybridized carbons (Fsp3) is 0.500. The first-order valence-electron chi connectivity index (χ1n) is 10.00. The van der Waals surface area contributed by atoms with Gasteiger partial charge in [-0.15, -0.1) is 0 Å². The maximum absolute atomic E-state index is 12.9. The van der Waals surface area contributed by atoms with Gasteiger partial charge in [0.2, 0.25) is 11.8 Å². The van der Waals surface area contributed by atoms with Crippen molar-refractivity contribution in [2.45, 2.75) is 50.7 Å². The van der Waals surface area contributed by atoms with Crippen LogP contribution in [-0.4, -0.2) is 50.1 Å². The largest absolute Gasteiger partial charge is 0.350 e. The lowest BCUT2D eigenvalue weighted by molar-refractivity contribution is -0.139. The first kappa shape index (κ1) is 19.8. The molecule has 4 rings (SSSR count). The minimum atomic E-state index is -0.511. The molecule has 2 fully saturated rings. The third-order valence-corrected chi connectivity index (χ3v) is 5.84. The van der Waals surface area contributed by atoms with Gasteiger partial charge in [-0.3, -0.25) is 9.59 Å². The smallest absolute Gasteiger partial charge is 0.243 e. The van der Waals surface area contributed by atoms with Crippen molar-refractivity contribution in [2.75, 3.05) is 6.54 Å². The van der Waals surface area contributed by atoms with Gasteiger partial charge in [0.25, 0.3) is 0 Å². The fourth-order valence-corrected chi connectivity index (χ4v) is 4.08. The molecule has 2 heterocycles. The van der Waals surface area contributed by atoms with Crippen LogP contribution >= 0.6 is 11.6 Å². The molecule has 1 aromatic carbocycles. The van der Waals surface area contributed by atoms with Crippen molar-refractivity contribution in [3.63, 3.8) is 0 Å². The van der Waals surface area contributed by atoms with E-state index in [2.05, 4.69) is 15.4 Å². The summed E-state index contributed by atoms with van der Waals surface area (Å²) in [6, 6.07) is 4.41. The minimum Gasteiger partial charge on any atom is -0.350 e. The molecule has 2 amide bonds. The van der Waals surface area contributed by atoms with Crippen LogP contribution < -0.4 is 11.1 Å². The summed E-state index contributed by atoms with van der Waals surface area (Å²) in [6.07, 6.45) is 7.52. The van der Waals surface area contributed by atoms with Gasteiger partial charge in [-0.2, -0.15) is 5.10 Å². The lowest BCUT2D eigenvalue weighted by atomic mass is 10.1. The van der Waals surface area contributed by atoms with E-state index >= 15 is 0 Å². The molecule has 0 bridgehead atoms. The van der Waals surface area contributed by atoms with Crippen LogP contribution in [0.25, 0.3) is 5.69 Å². The number of nitrogens with zero attached hydrogens (tertiary/aromatic N) is 4. The number of aromatic nitrogens is 3. The highest BCUT2D eigenvalue weighted by Gasteiger charge is 2.37. The summed E-state index contributed by atoms with van der Waals surface area (Å²) >= 11 is 6.14. The summed E-state index contributed by atoms with van der Waals surface area (Å²) in [4.78, 5) is 31.2. The van der Waals surface area contributed by atoms with E-state index < -0.39 is 12.1 Å². The Balaban J connectivity index is 1.41. The first-order chi connectivity index (χ1) is 14.0. The van der Waals surface area contributed by atoms with Crippen molar-refractivity contribution < 1.29 is 9.59 Å². The number of carbonyl (C=O) groups is 2. The van der Waals surface area contributed by atoms with E-state index in [1.807, 2.05) is 6.07 Å². The molecule has 1 aliphatic carbocycles. The van der Waals surface area contributed by atoms with Gasteiger partial charge in [-0.1, -0.05) is 24.4 Å². The molecular formula is C20H25ClN6O2. The van der Waals surface area contributed by atoms with Gasteiger partial charge < -0.3 is 16.0 Å². The molecule has 29 heavy (non-hydrogen) atoms. The molecule has 1 aromatic heterocycles. The van der Waals surface area contributed by atoms with Crippen molar-refractivity contribution in [1.82, 2.24) is 25.0 Å². The summed E-state index contributed by atoms with van der Waals surface area (Å²) in [5.41, 5.74) is 7.71. The summed E-state index contributed by atoms with van der Waals surface area (Å²) in [6.45, 7) is 0.859. The van der Waals surface area contributed by atoms with Crippen LogP contribution in [0.5, 0.6) is 0 Å². The van der Waals surface area contributed by atoms with Crippen LogP contribution in [-0.2, 0) is 16.1 Å². The zero-order valence-electron chi connectivity index (χ0n) is 16.1. The topological polar surface area (TPSA) is 106 Å². The van der Waals surface area contributed by atoms with Gasteiger partial charge in [0, 0.05) is 18.1 Å². The van der Waals surface area contributed by atoms with Gasteiger partial charge in [0.05, 0.1) is 11.7 Å². The lowest BCUT2D eigenvalue weighted by Gasteiger charge is -2.27. The van der Waals surface area contributed by atoms with E-state index in [1.165, 1.54) is 6.33 Å². The standard InChI is InChI=1S/C20H25ClN6O2/c21-15-5-6-17(27-12-23-11-25-27)14(9-15)10-24-19(28)18-2-1-7-26(18)20(29)16(22)8-13-3-4-13/h5-6,9,11-13,16,18H,1-4,7-8,10,22H2,(H,24,28). The Hall–Kier alpha value is -2.45. The Morgan fingerprint density at radius 3 is 2.86 bits per heavy atom. The van der Waals surface area contributed by atoms with E-state index in [0.29, 0.717) is 30.3 Å². The van der Waals surface area contributed by atoms with Gasteiger partial charge in [-0.25, -0.2) is 9.67 Å². The number of amides is 2. The van der Waals surface area contributed by atoms with Crippen LogP contribution in [0, 0.1) is 5.92 Å². The second kappa shape index (κ2) is 8.51. The SMILES string of the molecule is NC(CC1CC1)C(=O)N1CCCC1C(=O)NCc1cc(Cl)ccc1-n1cncn1. The van der Waals surface area contributed by atoms with E-state index in [9.17, 15) is 9.59 Å². The van der Waals surface area contributed by atoms with E-state index in [4.69, 9.17) is 17.3 Å². The van der Waals surface area contributed by atoms with Crippen LogP contribution in [0.1, 0.15) is 37.7 Å². The Morgan fingerprint density at radius 1 is 1.31 bits per heavy atom. The third-order valence-electron chi connectivity index (χ3n) is 5.60. The zero-order valence-corrected chi connectivity index (χ0v) is 16.9. The molecule has 2 aromatic rings. The second-order valence-electron chi connectivity index (χ2n) is 7.81. The van der Waals surface area contributed by atoms with Crippen molar-refractivity contribution in [3.05, 3.63) is 41.4 Å².